The highest BCUT2D eigenvalue weighted by atomic mass is 16.5. The van der Waals surface area contributed by atoms with Crippen LogP contribution in [0.15, 0.2) is 0 Å². The number of rotatable bonds is 2. The lowest BCUT2D eigenvalue weighted by Gasteiger charge is -2.37. The number of ether oxygens (including phenoxy) is 1. The number of hydrogen-bond donors (Lipinski definition) is 1. The Balaban J connectivity index is 1.99. The minimum Gasteiger partial charge on any atom is -0.381 e. The van der Waals surface area contributed by atoms with E-state index in [0.29, 0.717) is 32.1 Å². The minimum absolute atomic E-state index is 0.114. The van der Waals surface area contributed by atoms with Crippen LogP contribution in [0.2, 0.25) is 0 Å². The lowest BCUT2D eigenvalue weighted by Crippen LogP contribution is -2.58. The van der Waals surface area contributed by atoms with Gasteiger partial charge in [0.15, 0.2) is 0 Å². The monoisotopic (exact) mass is 226 g/mol. The highest BCUT2D eigenvalue weighted by Crippen LogP contribution is 2.26. The first-order valence-corrected chi connectivity index (χ1v) is 6.27. The van der Waals surface area contributed by atoms with Gasteiger partial charge in [0.1, 0.15) is 0 Å². The van der Waals surface area contributed by atoms with Crippen LogP contribution in [0.1, 0.15) is 38.5 Å². The standard InChI is InChI=1S/C12H22N2O2/c1-14(10-4-2-3-5-10)11(15)12(13)6-8-16-9-7-12/h10H,2-9,13H2,1H3. The summed E-state index contributed by atoms with van der Waals surface area (Å²) in [5.41, 5.74) is 5.53. The average molecular weight is 226 g/mol. The Morgan fingerprint density at radius 3 is 2.44 bits per heavy atom. The van der Waals surface area contributed by atoms with Gasteiger partial charge in [-0.3, -0.25) is 4.79 Å². The van der Waals surface area contributed by atoms with Crippen molar-refractivity contribution in [2.45, 2.75) is 50.1 Å². The maximum absolute atomic E-state index is 12.4. The van der Waals surface area contributed by atoms with Gasteiger partial charge in [-0.05, 0) is 25.7 Å². The third-order valence-electron chi connectivity index (χ3n) is 4.00. The van der Waals surface area contributed by atoms with Crippen LogP contribution < -0.4 is 5.73 Å². The molecule has 0 spiro atoms. The molecule has 4 heteroatoms. The van der Waals surface area contributed by atoms with Crippen molar-refractivity contribution in [1.82, 2.24) is 4.90 Å². The van der Waals surface area contributed by atoms with Crippen molar-refractivity contribution in [3.63, 3.8) is 0 Å². The Hall–Kier alpha value is -0.610. The molecule has 1 saturated carbocycles. The van der Waals surface area contributed by atoms with Crippen molar-refractivity contribution in [2.24, 2.45) is 5.73 Å². The highest BCUT2D eigenvalue weighted by molar-refractivity contribution is 5.86. The molecule has 16 heavy (non-hydrogen) atoms. The van der Waals surface area contributed by atoms with Crippen LogP contribution in [0.5, 0.6) is 0 Å². The second kappa shape index (κ2) is 4.72. The molecule has 0 aromatic rings. The summed E-state index contributed by atoms with van der Waals surface area (Å²) in [5, 5.41) is 0. The zero-order chi connectivity index (χ0) is 11.6. The molecule has 0 atom stereocenters. The molecule has 1 heterocycles. The Bertz CT molecular complexity index is 256. The van der Waals surface area contributed by atoms with Crippen LogP contribution in [-0.4, -0.2) is 42.6 Å². The summed E-state index contributed by atoms with van der Waals surface area (Å²) < 4.78 is 5.27. The fraction of sp³-hybridized carbons (Fsp3) is 0.917. The van der Waals surface area contributed by atoms with Gasteiger partial charge in [-0.15, -0.1) is 0 Å². The first kappa shape index (κ1) is 11.9. The molecular weight excluding hydrogens is 204 g/mol. The molecule has 2 N–H and O–H groups in total. The maximum atomic E-state index is 12.4. The summed E-state index contributed by atoms with van der Waals surface area (Å²) in [7, 11) is 1.91. The second-order valence-electron chi connectivity index (χ2n) is 5.12. The van der Waals surface area contributed by atoms with Gasteiger partial charge in [-0.25, -0.2) is 0 Å². The van der Waals surface area contributed by atoms with E-state index in [2.05, 4.69) is 0 Å². The summed E-state index contributed by atoms with van der Waals surface area (Å²) in [4.78, 5) is 14.2. The number of amides is 1. The maximum Gasteiger partial charge on any atom is 0.242 e. The normalized spacial score (nSPS) is 25.6. The van der Waals surface area contributed by atoms with Crippen LogP contribution in [0, 0.1) is 0 Å². The predicted octanol–water partition coefficient (Wildman–Crippen LogP) is 0.895. The van der Waals surface area contributed by atoms with E-state index in [9.17, 15) is 4.79 Å². The van der Waals surface area contributed by atoms with E-state index < -0.39 is 5.54 Å². The van der Waals surface area contributed by atoms with E-state index in [4.69, 9.17) is 10.5 Å². The van der Waals surface area contributed by atoms with Crippen molar-refractivity contribution >= 4 is 5.91 Å². The quantitative estimate of drug-likeness (QED) is 0.761. The predicted molar refractivity (Wildman–Crippen MR) is 62.0 cm³/mol. The molecule has 0 aromatic carbocycles. The largest absolute Gasteiger partial charge is 0.381 e. The van der Waals surface area contributed by atoms with Crippen molar-refractivity contribution in [3.8, 4) is 0 Å². The highest BCUT2D eigenvalue weighted by Gasteiger charge is 2.39. The number of carbonyl (C=O) groups excluding carboxylic acids is 1. The zero-order valence-corrected chi connectivity index (χ0v) is 10.1. The smallest absolute Gasteiger partial charge is 0.242 e. The van der Waals surface area contributed by atoms with Gasteiger partial charge in [0, 0.05) is 26.3 Å². The SMILES string of the molecule is CN(C(=O)C1(N)CCOCC1)C1CCCC1. The second-order valence-corrected chi connectivity index (χ2v) is 5.12. The fourth-order valence-corrected chi connectivity index (χ4v) is 2.76. The fourth-order valence-electron chi connectivity index (χ4n) is 2.76. The Morgan fingerprint density at radius 2 is 1.88 bits per heavy atom. The molecule has 0 radical (unpaired) electrons. The summed E-state index contributed by atoms with van der Waals surface area (Å²) in [6.45, 7) is 1.22. The first-order chi connectivity index (χ1) is 7.63. The number of nitrogens with two attached hydrogens (primary N) is 1. The van der Waals surface area contributed by atoms with Crippen molar-refractivity contribution in [3.05, 3.63) is 0 Å². The number of likely N-dealkylation sites (N-methyl/N-ethyl adjacent to an activating group) is 1. The number of hydrogen-bond acceptors (Lipinski definition) is 3. The van der Waals surface area contributed by atoms with Crippen molar-refractivity contribution < 1.29 is 9.53 Å². The third-order valence-corrected chi connectivity index (χ3v) is 4.00. The molecule has 2 fully saturated rings. The molecule has 0 unspecified atom stereocenters. The zero-order valence-electron chi connectivity index (χ0n) is 10.1. The molecule has 0 bridgehead atoms. The lowest BCUT2D eigenvalue weighted by molar-refractivity contribution is -0.141. The van der Waals surface area contributed by atoms with E-state index in [0.717, 1.165) is 12.8 Å². The van der Waals surface area contributed by atoms with E-state index in [1.54, 1.807) is 0 Å². The van der Waals surface area contributed by atoms with Crippen molar-refractivity contribution in [1.29, 1.82) is 0 Å². The van der Waals surface area contributed by atoms with Gasteiger partial charge in [0.25, 0.3) is 0 Å². The van der Waals surface area contributed by atoms with Gasteiger partial charge in [-0.2, -0.15) is 0 Å². The summed E-state index contributed by atoms with van der Waals surface area (Å²) in [6, 6.07) is 0.413. The third kappa shape index (κ3) is 2.23. The number of nitrogens with zero attached hydrogens (tertiary/aromatic N) is 1. The van der Waals surface area contributed by atoms with Crippen LogP contribution in [-0.2, 0) is 9.53 Å². The summed E-state index contributed by atoms with van der Waals surface area (Å²) in [6.07, 6.45) is 6.06. The van der Waals surface area contributed by atoms with Gasteiger partial charge in [0.05, 0.1) is 5.54 Å². The summed E-state index contributed by atoms with van der Waals surface area (Å²) in [5.74, 6) is 0.114. The Kier molecular flexibility index (Phi) is 3.50. The average Bonchev–Trinajstić information content (AvgIpc) is 2.81. The molecule has 1 amide bonds. The minimum atomic E-state index is -0.671. The van der Waals surface area contributed by atoms with Gasteiger partial charge in [0.2, 0.25) is 5.91 Å². The van der Waals surface area contributed by atoms with Gasteiger partial charge in [-0.1, -0.05) is 12.8 Å². The molecule has 2 rings (SSSR count). The van der Waals surface area contributed by atoms with Crippen LogP contribution in [0.4, 0.5) is 0 Å². The van der Waals surface area contributed by atoms with Crippen molar-refractivity contribution in [2.75, 3.05) is 20.3 Å². The molecule has 4 nitrogen and oxygen atoms in total. The molecule has 92 valence electrons. The lowest BCUT2D eigenvalue weighted by atomic mass is 9.89. The van der Waals surface area contributed by atoms with Gasteiger partial charge >= 0.3 is 0 Å². The van der Waals surface area contributed by atoms with E-state index >= 15 is 0 Å². The molecule has 2 aliphatic rings. The van der Waals surface area contributed by atoms with Crippen LogP contribution >= 0.6 is 0 Å². The first-order valence-electron chi connectivity index (χ1n) is 6.27. The molecule has 1 aliphatic heterocycles. The van der Waals surface area contributed by atoms with E-state index in [1.807, 2.05) is 11.9 Å². The number of carbonyl (C=O) groups is 1. The molecule has 0 aromatic heterocycles. The Morgan fingerprint density at radius 1 is 1.31 bits per heavy atom. The Labute approximate surface area is 97.1 Å². The van der Waals surface area contributed by atoms with E-state index in [-0.39, 0.29) is 5.91 Å². The van der Waals surface area contributed by atoms with E-state index in [1.165, 1.54) is 12.8 Å². The van der Waals surface area contributed by atoms with Crippen LogP contribution in [0.25, 0.3) is 0 Å². The molecular formula is C12H22N2O2. The molecule has 1 aliphatic carbocycles. The van der Waals surface area contributed by atoms with Gasteiger partial charge < -0.3 is 15.4 Å². The van der Waals surface area contributed by atoms with Crippen LogP contribution in [0.3, 0.4) is 0 Å². The topological polar surface area (TPSA) is 55.6 Å². The molecule has 1 saturated heterocycles. The summed E-state index contributed by atoms with van der Waals surface area (Å²) >= 11 is 0.